The molecule has 1 aromatic rings. The molecule has 1 aromatic carbocycles. The van der Waals surface area contributed by atoms with Gasteiger partial charge >= 0.3 is 5.97 Å². The molecule has 0 saturated heterocycles. The molecule has 0 aliphatic heterocycles. The minimum absolute atomic E-state index is 0.197. The van der Waals surface area contributed by atoms with Gasteiger partial charge < -0.3 is 9.84 Å². The summed E-state index contributed by atoms with van der Waals surface area (Å²) in [5, 5.41) is 9.06. The Morgan fingerprint density at radius 2 is 2.24 bits per heavy atom. The predicted molar refractivity (Wildman–Crippen MR) is 70.7 cm³/mol. The van der Waals surface area contributed by atoms with Crippen LogP contribution in [0.15, 0.2) is 22.7 Å². The number of carboxylic acid groups (broad SMARTS) is 1. The summed E-state index contributed by atoms with van der Waals surface area (Å²) in [5.41, 5.74) is 0.197. The molecule has 94 valence electrons. The Morgan fingerprint density at radius 1 is 1.53 bits per heavy atom. The molecule has 1 N–H and O–H groups in total. The van der Waals surface area contributed by atoms with E-state index in [1.807, 2.05) is 0 Å². The van der Waals surface area contributed by atoms with Gasteiger partial charge in [0.05, 0.1) is 6.61 Å². The summed E-state index contributed by atoms with van der Waals surface area (Å²) in [5.74, 6) is -0.0987. The number of carbonyl (C=O) groups is 1. The highest BCUT2D eigenvalue weighted by Crippen LogP contribution is 2.24. The van der Waals surface area contributed by atoms with Crippen molar-refractivity contribution in [1.82, 2.24) is 0 Å². The molecule has 0 aliphatic rings. The first kappa shape index (κ1) is 14.0. The number of benzene rings is 1. The molecule has 17 heavy (non-hydrogen) atoms. The molecule has 0 amide bonds. The van der Waals surface area contributed by atoms with Crippen LogP contribution in [0.5, 0.6) is 5.75 Å². The maximum Gasteiger partial charge on any atom is 0.339 e. The van der Waals surface area contributed by atoms with Crippen LogP contribution in [0.1, 0.15) is 37.0 Å². The lowest BCUT2D eigenvalue weighted by molar-refractivity contribution is 0.0691. The Hall–Kier alpha value is -1.03. The summed E-state index contributed by atoms with van der Waals surface area (Å²) in [4.78, 5) is 11.0. The Kier molecular flexibility index (Phi) is 5.48. The maximum atomic E-state index is 11.0. The van der Waals surface area contributed by atoms with Gasteiger partial charge in [0, 0.05) is 4.47 Å². The van der Waals surface area contributed by atoms with Gasteiger partial charge in [0.25, 0.3) is 0 Å². The van der Waals surface area contributed by atoms with E-state index < -0.39 is 5.97 Å². The molecular formula is C13H17BrO3. The maximum absolute atomic E-state index is 11.0. The lowest BCUT2D eigenvalue weighted by Crippen LogP contribution is -2.10. The van der Waals surface area contributed by atoms with Crippen molar-refractivity contribution in [1.29, 1.82) is 0 Å². The van der Waals surface area contributed by atoms with Crippen molar-refractivity contribution in [3.63, 3.8) is 0 Å². The van der Waals surface area contributed by atoms with Gasteiger partial charge in [0.1, 0.15) is 11.3 Å². The molecule has 1 unspecified atom stereocenters. The zero-order chi connectivity index (χ0) is 12.8. The molecule has 1 rings (SSSR count). The highest BCUT2D eigenvalue weighted by Gasteiger charge is 2.12. The number of hydrogen-bond donors (Lipinski definition) is 1. The SMILES string of the molecule is CCCC(C)COc1ccc(Br)cc1C(=O)O. The second kappa shape index (κ2) is 6.64. The van der Waals surface area contributed by atoms with Gasteiger partial charge in [0.15, 0.2) is 0 Å². The van der Waals surface area contributed by atoms with Gasteiger partial charge in [-0.15, -0.1) is 0 Å². The average Bonchev–Trinajstić information content (AvgIpc) is 2.27. The third kappa shape index (κ3) is 4.38. The van der Waals surface area contributed by atoms with Crippen LogP contribution in [0, 0.1) is 5.92 Å². The van der Waals surface area contributed by atoms with E-state index >= 15 is 0 Å². The second-order valence-corrected chi connectivity index (χ2v) is 5.07. The van der Waals surface area contributed by atoms with Gasteiger partial charge in [-0.1, -0.05) is 36.2 Å². The molecule has 0 heterocycles. The topological polar surface area (TPSA) is 46.5 Å². The van der Waals surface area contributed by atoms with Crippen molar-refractivity contribution in [2.24, 2.45) is 5.92 Å². The van der Waals surface area contributed by atoms with E-state index in [1.54, 1.807) is 18.2 Å². The lowest BCUT2D eigenvalue weighted by atomic mass is 10.1. The summed E-state index contributed by atoms with van der Waals surface area (Å²) >= 11 is 3.25. The predicted octanol–water partition coefficient (Wildman–Crippen LogP) is 3.96. The number of hydrogen-bond acceptors (Lipinski definition) is 2. The summed E-state index contributed by atoms with van der Waals surface area (Å²) in [6.45, 7) is 4.78. The molecule has 0 saturated carbocycles. The van der Waals surface area contributed by atoms with E-state index in [2.05, 4.69) is 29.8 Å². The highest BCUT2D eigenvalue weighted by atomic mass is 79.9. The third-order valence-electron chi connectivity index (χ3n) is 2.48. The van der Waals surface area contributed by atoms with E-state index in [0.717, 1.165) is 17.3 Å². The molecule has 0 spiro atoms. The van der Waals surface area contributed by atoms with Crippen LogP contribution in [-0.4, -0.2) is 17.7 Å². The zero-order valence-corrected chi connectivity index (χ0v) is 11.7. The second-order valence-electron chi connectivity index (χ2n) is 4.15. The van der Waals surface area contributed by atoms with Gasteiger partial charge in [0.2, 0.25) is 0 Å². The third-order valence-corrected chi connectivity index (χ3v) is 2.97. The van der Waals surface area contributed by atoms with Gasteiger partial charge in [-0.3, -0.25) is 0 Å². The van der Waals surface area contributed by atoms with Gasteiger partial charge in [-0.25, -0.2) is 4.79 Å². The highest BCUT2D eigenvalue weighted by molar-refractivity contribution is 9.10. The van der Waals surface area contributed by atoms with Crippen molar-refractivity contribution in [3.8, 4) is 5.75 Å². The Balaban J connectivity index is 2.73. The Bertz CT molecular complexity index is 390. The molecular weight excluding hydrogens is 284 g/mol. The average molecular weight is 301 g/mol. The fourth-order valence-electron chi connectivity index (χ4n) is 1.60. The van der Waals surface area contributed by atoms with E-state index in [-0.39, 0.29) is 5.56 Å². The first-order valence-corrected chi connectivity index (χ1v) is 6.49. The van der Waals surface area contributed by atoms with Crippen LogP contribution < -0.4 is 4.74 Å². The normalized spacial score (nSPS) is 12.2. The number of aromatic carboxylic acids is 1. The molecule has 0 fully saturated rings. The monoisotopic (exact) mass is 300 g/mol. The van der Waals surface area contributed by atoms with Crippen molar-refractivity contribution < 1.29 is 14.6 Å². The zero-order valence-electron chi connectivity index (χ0n) is 10.1. The largest absolute Gasteiger partial charge is 0.492 e. The number of carboxylic acids is 1. The van der Waals surface area contributed by atoms with Gasteiger partial charge in [-0.2, -0.15) is 0 Å². The van der Waals surface area contributed by atoms with E-state index in [0.29, 0.717) is 18.3 Å². The quantitative estimate of drug-likeness (QED) is 0.865. The smallest absolute Gasteiger partial charge is 0.339 e. The van der Waals surface area contributed by atoms with Crippen molar-refractivity contribution >= 4 is 21.9 Å². The van der Waals surface area contributed by atoms with Crippen molar-refractivity contribution in [2.75, 3.05) is 6.61 Å². The fourth-order valence-corrected chi connectivity index (χ4v) is 1.96. The Labute approximate surface area is 110 Å². The summed E-state index contributed by atoms with van der Waals surface area (Å²) < 4.78 is 6.31. The van der Waals surface area contributed by atoms with Crippen LogP contribution in [0.4, 0.5) is 0 Å². The Morgan fingerprint density at radius 3 is 2.82 bits per heavy atom. The van der Waals surface area contributed by atoms with Crippen LogP contribution in [-0.2, 0) is 0 Å². The van der Waals surface area contributed by atoms with Crippen LogP contribution in [0.25, 0.3) is 0 Å². The molecule has 3 nitrogen and oxygen atoms in total. The summed E-state index contributed by atoms with van der Waals surface area (Å²) in [6, 6.07) is 5.03. The van der Waals surface area contributed by atoms with Crippen molar-refractivity contribution in [3.05, 3.63) is 28.2 Å². The fraction of sp³-hybridized carbons (Fsp3) is 0.462. The van der Waals surface area contributed by atoms with Crippen LogP contribution in [0.2, 0.25) is 0 Å². The summed E-state index contributed by atoms with van der Waals surface area (Å²) in [6.07, 6.45) is 2.19. The summed E-state index contributed by atoms with van der Waals surface area (Å²) in [7, 11) is 0. The first-order chi connectivity index (χ1) is 8.04. The van der Waals surface area contributed by atoms with Gasteiger partial charge in [-0.05, 0) is 30.5 Å². The molecule has 0 radical (unpaired) electrons. The van der Waals surface area contributed by atoms with E-state index in [9.17, 15) is 4.79 Å². The molecule has 1 atom stereocenters. The minimum atomic E-state index is -0.968. The van der Waals surface area contributed by atoms with E-state index in [4.69, 9.17) is 9.84 Å². The standard InChI is InChI=1S/C13H17BrO3/c1-3-4-9(2)8-17-12-6-5-10(14)7-11(12)13(15)16/h5-7,9H,3-4,8H2,1-2H3,(H,15,16). The first-order valence-electron chi connectivity index (χ1n) is 5.70. The lowest BCUT2D eigenvalue weighted by Gasteiger charge is -2.13. The number of halogens is 1. The molecule has 0 aromatic heterocycles. The number of ether oxygens (including phenoxy) is 1. The van der Waals surface area contributed by atoms with E-state index in [1.165, 1.54) is 0 Å². The van der Waals surface area contributed by atoms with Crippen LogP contribution in [0.3, 0.4) is 0 Å². The number of rotatable bonds is 6. The van der Waals surface area contributed by atoms with Crippen LogP contribution >= 0.6 is 15.9 Å². The van der Waals surface area contributed by atoms with Crippen molar-refractivity contribution in [2.45, 2.75) is 26.7 Å². The molecule has 0 aliphatic carbocycles. The minimum Gasteiger partial charge on any atom is -0.492 e. The molecule has 0 bridgehead atoms. The molecule has 4 heteroatoms.